The molecule has 0 bridgehead atoms. The van der Waals surface area contributed by atoms with Crippen LogP contribution >= 0.6 is 17.0 Å². The monoisotopic (exact) mass is 550 g/mol. The summed E-state index contributed by atoms with van der Waals surface area (Å²) in [6.45, 7) is 0. The molecular weight excluding hydrogens is 520 g/mol. The van der Waals surface area contributed by atoms with Crippen LogP contribution in [-0.2, 0) is 0 Å². The number of phenolic OH excluding ortho intramolecular Hbond substituents is 1. The maximum absolute atomic E-state index is 9.84. The molecule has 6 aromatic carbocycles. The van der Waals surface area contributed by atoms with Crippen LogP contribution in [0.15, 0.2) is 133 Å². The Bertz CT molecular complexity index is 1580. The van der Waals surface area contributed by atoms with E-state index < -0.39 is 0 Å². The predicted octanol–water partition coefficient (Wildman–Crippen LogP) is 9.94. The minimum atomic E-state index is 0. The second-order valence-electron chi connectivity index (χ2n) is 8.27. The molecule has 0 radical (unpaired) electrons. The second-order valence-corrected chi connectivity index (χ2v) is 8.27. The maximum atomic E-state index is 9.84. The number of aromatic hydroxyl groups is 1. The van der Waals surface area contributed by atoms with E-state index in [-0.39, 0.29) is 24.4 Å². The third kappa shape index (κ3) is 5.84. The highest BCUT2D eigenvalue weighted by molar-refractivity contribution is 8.93. The van der Waals surface area contributed by atoms with Crippen LogP contribution in [0.5, 0.6) is 11.5 Å². The van der Waals surface area contributed by atoms with Crippen LogP contribution in [0.2, 0.25) is 0 Å². The van der Waals surface area contributed by atoms with Gasteiger partial charge in [0.2, 0.25) is 0 Å². The number of benzene rings is 6. The van der Waals surface area contributed by atoms with Crippen LogP contribution in [0, 0.1) is 0 Å². The van der Waals surface area contributed by atoms with Crippen LogP contribution in [-0.4, -0.2) is 12.2 Å². The minimum Gasteiger partial charge on any atom is -0.507 e. The average molecular weight is 552 g/mol. The Morgan fingerprint density at radius 3 is 1.38 bits per heavy atom. The molecule has 0 saturated carbocycles. The summed E-state index contributed by atoms with van der Waals surface area (Å²) in [5.41, 5.74) is 4.80. The van der Waals surface area contributed by atoms with Crippen molar-refractivity contribution >= 4 is 38.5 Å². The molecule has 1 N–H and O–H groups in total. The van der Waals surface area contributed by atoms with Gasteiger partial charge in [0.25, 0.3) is 0 Å². The number of methoxy groups -OCH3 is 1. The standard InChI is InChI=1S/C17H14O.C16H12O.CH4.BrH/c1-18-17-12-11-14(13-7-3-2-4-8-13)15-9-5-6-10-16(15)17;17-16-11-10-13(12-6-2-1-3-7-12)14-8-4-5-9-15(14)16;;/h2-12H,1H3;1-11,17H;1H4;1H. The van der Waals surface area contributed by atoms with E-state index in [4.69, 9.17) is 4.74 Å². The molecular formula is C34H31BrO2. The molecule has 6 rings (SSSR count). The molecule has 0 atom stereocenters. The van der Waals surface area contributed by atoms with Crippen molar-refractivity contribution in [2.75, 3.05) is 7.11 Å². The fraction of sp³-hybridized carbons (Fsp3) is 0.0588. The quantitative estimate of drug-likeness (QED) is 0.237. The Kier molecular flexibility index (Phi) is 9.48. The molecule has 0 spiro atoms. The number of rotatable bonds is 3. The fourth-order valence-corrected chi connectivity index (χ4v) is 4.47. The average Bonchev–Trinajstić information content (AvgIpc) is 2.94. The van der Waals surface area contributed by atoms with Gasteiger partial charge in [0.15, 0.2) is 0 Å². The van der Waals surface area contributed by atoms with E-state index in [0.29, 0.717) is 5.75 Å². The summed E-state index contributed by atoms with van der Waals surface area (Å²) in [6.07, 6.45) is 0. The first-order chi connectivity index (χ1) is 17.3. The van der Waals surface area contributed by atoms with Gasteiger partial charge >= 0.3 is 0 Å². The Balaban J connectivity index is 0.000000195. The van der Waals surface area contributed by atoms with Crippen LogP contribution in [0.1, 0.15) is 7.43 Å². The number of hydrogen-bond donors (Lipinski definition) is 1. The third-order valence-corrected chi connectivity index (χ3v) is 6.17. The highest BCUT2D eigenvalue weighted by Crippen LogP contribution is 2.35. The summed E-state index contributed by atoms with van der Waals surface area (Å²) in [5, 5.41) is 14.2. The van der Waals surface area contributed by atoms with Gasteiger partial charge in [-0.1, -0.05) is 129 Å². The van der Waals surface area contributed by atoms with E-state index in [1.807, 2.05) is 66.7 Å². The first-order valence-electron chi connectivity index (χ1n) is 11.6. The van der Waals surface area contributed by atoms with Gasteiger partial charge in [-0.15, -0.1) is 17.0 Å². The molecule has 0 aliphatic heterocycles. The first-order valence-corrected chi connectivity index (χ1v) is 11.6. The van der Waals surface area contributed by atoms with Gasteiger partial charge in [0, 0.05) is 10.8 Å². The lowest BCUT2D eigenvalue weighted by molar-refractivity contribution is 0.420. The van der Waals surface area contributed by atoms with Crippen molar-refractivity contribution in [3.8, 4) is 33.8 Å². The Morgan fingerprint density at radius 1 is 0.459 bits per heavy atom. The van der Waals surface area contributed by atoms with Gasteiger partial charge in [-0.2, -0.15) is 0 Å². The molecule has 6 aromatic rings. The molecule has 0 aliphatic rings. The summed E-state index contributed by atoms with van der Waals surface area (Å²) in [5.74, 6) is 1.26. The van der Waals surface area contributed by atoms with Gasteiger partial charge in [-0.05, 0) is 45.2 Å². The van der Waals surface area contributed by atoms with E-state index in [0.717, 1.165) is 27.5 Å². The smallest absolute Gasteiger partial charge is 0.126 e. The lowest BCUT2D eigenvalue weighted by Crippen LogP contribution is -1.87. The number of hydrogen-bond acceptors (Lipinski definition) is 2. The maximum Gasteiger partial charge on any atom is 0.126 e. The Labute approximate surface area is 229 Å². The molecule has 186 valence electrons. The van der Waals surface area contributed by atoms with Gasteiger partial charge in [-0.25, -0.2) is 0 Å². The SMILES string of the molecule is Br.C.COc1ccc(-c2ccccc2)c2ccccc12.Oc1ccc(-c2ccccc2)c2ccccc12. The predicted molar refractivity (Wildman–Crippen MR) is 164 cm³/mol. The molecule has 0 saturated heterocycles. The van der Waals surface area contributed by atoms with E-state index in [9.17, 15) is 5.11 Å². The molecule has 37 heavy (non-hydrogen) atoms. The van der Waals surface area contributed by atoms with Crippen molar-refractivity contribution in [3.63, 3.8) is 0 Å². The molecule has 0 aliphatic carbocycles. The van der Waals surface area contributed by atoms with Crippen molar-refractivity contribution in [2.24, 2.45) is 0 Å². The van der Waals surface area contributed by atoms with Crippen molar-refractivity contribution in [1.82, 2.24) is 0 Å². The van der Waals surface area contributed by atoms with Crippen molar-refractivity contribution in [1.29, 1.82) is 0 Å². The van der Waals surface area contributed by atoms with Crippen molar-refractivity contribution < 1.29 is 9.84 Å². The summed E-state index contributed by atoms with van der Waals surface area (Å²) < 4.78 is 5.42. The molecule has 0 aromatic heterocycles. The largest absolute Gasteiger partial charge is 0.507 e. The number of phenols is 1. The van der Waals surface area contributed by atoms with Gasteiger partial charge in [-0.3, -0.25) is 0 Å². The van der Waals surface area contributed by atoms with Crippen molar-refractivity contribution in [3.05, 3.63) is 133 Å². The van der Waals surface area contributed by atoms with E-state index in [1.54, 1.807) is 13.2 Å². The van der Waals surface area contributed by atoms with Crippen LogP contribution < -0.4 is 4.74 Å². The van der Waals surface area contributed by atoms with Gasteiger partial charge < -0.3 is 9.84 Å². The van der Waals surface area contributed by atoms with Crippen LogP contribution in [0.25, 0.3) is 43.8 Å². The third-order valence-electron chi connectivity index (χ3n) is 6.17. The summed E-state index contributed by atoms with van der Waals surface area (Å²) in [7, 11) is 1.71. The van der Waals surface area contributed by atoms with Gasteiger partial charge in [0.05, 0.1) is 7.11 Å². The molecule has 0 fully saturated rings. The molecule has 0 unspecified atom stereocenters. The fourth-order valence-electron chi connectivity index (χ4n) is 4.47. The zero-order valence-electron chi connectivity index (χ0n) is 20.0. The highest BCUT2D eigenvalue weighted by Gasteiger charge is 2.07. The number of ether oxygens (including phenoxy) is 1. The van der Waals surface area contributed by atoms with E-state index in [2.05, 4.69) is 60.7 Å². The van der Waals surface area contributed by atoms with Crippen LogP contribution in [0.4, 0.5) is 0 Å². The zero-order valence-corrected chi connectivity index (χ0v) is 21.7. The zero-order chi connectivity index (χ0) is 24.0. The van der Waals surface area contributed by atoms with Crippen LogP contribution in [0.3, 0.4) is 0 Å². The van der Waals surface area contributed by atoms with Crippen molar-refractivity contribution in [2.45, 2.75) is 7.43 Å². The Hall–Kier alpha value is -4.08. The summed E-state index contributed by atoms with van der Waals surface area (Å²) in [4.78, 5) is 0. The molecule has 3 heteroatoms. The highest BCUT2D eigenvalue weighted by atomic mass is 79.9. The first kappa shape index (κ1) is 27.5. The topological polar surface area (TPSA) is 29.5 Å². The number of halogens is 1. The molecule has 0 heterocycles. The normalized spacial score (nSPS) is 9.97. The summed E-state index contributed by atoms with van der Waals surface area (Å²) >= 11 is 0. The van der Waals surface area contributed by atoms with E-state index >= 15 is 0 Å². The lowest BCUT2D eigenvalue weighted by Gasteiger charge is -2.10. The lowest BCUT2D eigenvalue weighted by atomic mass is 9.98. The second kappa shape index (κ2) is 12.8. The molecule has 2 nitrogen and oxygen atoms in total. The van der Waals surface area contributed by atoms with Gasteiger partial charge in [0.1, 0.15) is 11.5 Å². The molecule has 0 amide bonds. The summed E-state index contributed by atoms with van der Waals surface area (Å²) in [6, 6.07) is 44.8. The van der Waals surface area contributed by atoms with E-state index in [1.165, 1.54) is 22.1 Å². The number of fused-ring (bicyclic) bond motifs is 2. The Morgan fingerprint density at radius 2 is 0.865 bits per heavy atom. The minimum absolute atomic E-state index is 0.